The van der Waals surface area contributed by atoms with Gasteiger partial charge in [0.05, 0.1) is 13.2 Å². The number of carbonyl (C=O) groups excluding carboxylic acids is 1. The maximum absolute atomic E-state index is 12.3. The normalized spacial score (nSPS) is 15.9. The van der Waals surface area contributed by atoms with Gasteiger partial charge in [-0.05, 0) is 23.1 Å². The van der Waals surface area contributed by atoms with Crippen molar-refractivity contribution >= 4 is 11.6 Å². The van der Waals surface area contributed by atoms with Gasteiger partial charge in [-0.15, -0.1) is 0 Å². The second-order valence-electron chi connectivity index (χ2n) is 6.55. The Kier molecular flexibility index (Phi) is 5.41. The summed E-state index contributed by atoms with van der Waals surface area (Å²) in [4.78, 5) is 13.9. The number of anilines is 1. The fourth-order valence-corrected chi connectivity index (χ4v) is 2.30. The Morgan fingerprint density at radius 2 is 1.87 bits per heavy atom. The second-order valence-corrected chi connectivity index (χ2v) is 6.55. The predicted molar refractivity (Wildman–Crippen MR) is 89.9 cm³/mol. The van der Waals surface area contributed by atoms with Crippen molar-refractivity contribution in [1.82, 2.24) is 4.90 Å². The Hall–Kier alpha value is -2.32. The number of ether oxygens (including phenoxy) is 1. The largest absolute Gasteiger partial charge is 0.378 e. The summed E-state index contributed by atoms with van der Waals surface area (Å²) < 4.78 is 5.22. The summed E-state index contributed by atoms with van der Waals surface area (Å²) in [6, 6.07) is 9.97. The number of nitrogens with zero attached hydrogens (tertiary/aromatic N) is 2. The van der Waals surface area contributed by atoms with Gasteiger partial charge in [-0.25, -0.2) is 0 Å². The van der Waals surface area contributed by atoms with Gasteiger partial charge in [0.1, 0.15) is 11.6 Å². The monoisotopic (exact) mass is 313 g/mol. The standard InChI is InChI=1S/C18H23N3O2/c1-18(2,3)15-4-6-16(7-5-15)20-13-14(12-19)17(22)21-8-10-23-11-9-21/h4-7,13,20H,8-11H2,1-3H3/b14-13-. The molecule has 1 amide bonds. The van der Waals surface area contributed by atoms with Crippen LogP contribution in [0.3, 0.4) is 0 Å². The molecule has 1 N–H and O–H groups in total. The van der Waals surface area contributed by atoms with Crippen LogP contribution in [0.15, 0.2) is 36.0 Å². The summed E-state index contributed by atoms with van der Waals surface area (Å²) in [7, 11) is 0. The van der Waals surface area contributed by atoms with Crippen molar-refractivity contribution in [3.05, 3.63) is 41.6 Å². The third-order valence-electron chi connectivity index (χ3n) is 3.78. The van der Waals surface area contributed by atoms with Gasteiger partial charge in [0, 0.05) is 25.0 Å². The molecule has 0 aliphatic carbocycles. The van der Waals surface area contributed by atoms with E-state index in [0.29, 0.717) is 26.3 Å². The predicted octanol–water partition coefficient (Wildman–Crippen LogP) is 2.66. The minimum Gasteiger partial charge on any atom is -0.378 e. The van der Waals surface area contributed by atoms with E-state index in [1.54, 1.807) is 4.90 Å². The molecule has 0 radical (unpaired) electrons. The zero-order valence-corrected chi connectivity index (χ0v) is 13.9. The van der Waals surface area contributed by atoms with Crippen LogP contribution >= 0.6 is 0 Å². The minimum absolute atomic E-state index is 0.0957. The smallest absolute Gasteiger partial charge is 0.266 e. The molecule has 1 aliphatic heterocycles. The Morgan fingerprint density at radius 3 is 2.39 bits per heavy atom. The first-order valence-corrected chi connectivity index (χ1v) is 7.76. The van der Waals surface area contributed by atoms with Crippen LogP contribution in [0, 0.1) is 11.3 Å². The van der Waals surface area contributed by atoms with Gasteiger partial charge in [0.2, 0.25) is 0 Å². The highest BCUT2D eigenvalue weighted by Gasteiger charge is 2.20. The van der Waals surface area contributed by atoms with E-state index in [1.165, 1.54) is 11.8 Å². The van der Waals surface area contributed by atoms with Crippen molar-refractivity contribution in [2.45, 2.75) is 26.2 Å². The molecular weight excluding hydrogens is 290 g/mol. The molecule has 0 bridgehead atoms. The number of nitriles is 1. The van der Waals surface area contributed by atoms with Crippen molar-refractivity contribution in [2.24, 2.45) is 0 Å². The first-order chi connectivity index (χ1) is 10.9. The molecule has 0 saturated carbocycles. The molecule has 1 aromatic rings. The van der Waals surface area contributed by atoms with Gasteiger partial charge < -0.3 is 15.0 Å². The van der Waals surface area contributed by atoms with E-state index in [9.17, 15) is 10.1 Å². The molecule has 23 heavy (non-hydrogen) atoms. The van der Waals surface area contributed by atoms with E-state index < -0.39 is 0 Å². The van der Waals surface area contributed by atoms with E-state index >= 15 is 0 Å². The van der Waals surface area contributed by atoms with Gasteiger partial charge in [-0.2, -0.15) is 5.26 Å². The first-order valence-electron chi connectivity index (χ1n) is 7.76. The highest BCUT2D eigenvalue weighted by atomic mass is 16.5. The van der Waals surface area contributed by atoms with Crippen LogP contribution < -0.4 is 5.32 Å². The van der Waals surface area contributed by atoms with E-state index in [-0.39, 0.29) is 16.9 Å². The van der Waals surface area contributed by atoms with Gasteiger partial charge in [-0.3, -0.25) is 4.79 Å². The maximum atomic E-state index is 12.3. The summed E-state index contributed by atoms with van der Waals surface area (Å²) in [5.74, 6) is -0.255. The molecule has 5 nitrogen and oxygen atoms in total. The average molecular weight is 313 g/mol. The van der Waals surface area contributed by atoms with Crippen molar-refractivity contribution in [1.29, 1.82) is 5.26 Å². The van der Waals surface area contributed by atoms with Crippen LogP contribution in [0.5, 0.6) is 0 Å². The van der Waals surface area contributed by atoms with Crippen LogP contribution in [0.1, 0.15) is 26.3 Å². The van der Waals surface area contributed by atoms with Gasteiger partial charge >= 0.3 is 0 Å². The van der Waals surface area contributed by atoms with Crippen molar-refractivity contribution in [2.75, 3.05) is 31.6 Å². The number of morpholine rings is 1. The lowest BCUT2D eigenvalue weighted by Gasteiger charge is -2.26. The molecule has 1 fully saturated rings. The maximum Gasteiger partial charge on any atom is 0.266 e. The van der Waals surface area contributed by atoms with Crippen LogP contribution in [0.2, 0.25) is 0 Å². The van der Waals surface area contributed by atoms with Crippen molar-refractivity contribution in [3.8, 4) is 6.07 Å². The minimum atomic E-state index is -0.255. The van der Waals surface area contributed by atoms with E-state index in [1.807, 2.05) is 30.3 Å². The number of nitrogens with one attached hydrogen (secondary N) is 1. The third-order valence-corrected chi connectivity index (χ3v) is 3.78. The molecule has 5 heteroatoms. The molecule has 0 aromatic heterocycles. The summed E-state index contributed by atoms with van der Waals surface area (Å²) in [5.41, 5.74) is 2.28. The lowest BCUT2D eigenvalue weighted by atomic mass is 9.87. The summed E-state index contributed by atoms with van der Waals surface area (Å²) in [5, 5.41) is 12.2. The average Bonchev–Trinajstić information content (AvgIpc) is 2.55. The highest BCUT2D eigenvalue weighted by molar-refractivity contribution is 5.97. The van der Waals surface area contributed by atoms with Crippen LogP contribution in [0.25, 0.3) is 0 Å². The SMILES string of the molecule is CC(C)(C)c1ccc(N/C=C(/C#N)C(=O)N2CCOCC2)cc1. The quantitative estimate of drug-likeness (QED) is 0.688. The fraction of sp³-hybridized carbons (Fsp3) is 0.444. The molecule has 122 valence electrons. The molecule has 0 spiro atoms. The van der Waals surface area contributed by atoms with Crippen LogP contribution in [0.4, 0.5) is 5.69 Å². The lowest BCUT2D eigenvalue weighted by Crippen LogP contribution is -2.41. The Balaban J connectivity index is 2.04. The molecule has 1 saturated heterocycles. The summed E-state index contributed by atoms with van der Waals surface area (Å²) in [6.07, 6.45) is 1.48. The van der Waals surface area contributed by atoms with Crippen LogP contribution in [-0.4, -0.2) is 37.1 Å². The highest BCUT2D eigenvalue weighted by Crippen LogP contribution is 2.23. The Bertz CT molecular complexity index is 615. The number of benzene rings is 1. The number of hydrogen-bond acceptors (Lipinski definition) is 4. The van der Waals surface area contributed by atoms with E-state index in [0.717, 1.165) is 5.69 Å². The van der Waals surface area contributed by atoms with Crippen molar-refractivity contribution < 1.29 is 9.53 Å². The zero-order valence-electron chi connectivity index (χ0n) is 13.9. The second kappa shape index (κ2) is 7.30. The fourth-order valence-electron chi connectivity index (χ4n) is 2.30. The van der Waals surface area contributed by atoms with Crippen molar-refractivity contribution in [3.63, 3.8) is 0 Å². The Labute approximate surface area is 137 Å². The summed E-state index contributed by atoms with van der Waals surface area (Å²) >= 11 is 0. The van der Waals surface area contributed by atoms with Gasteiger partial charge in [-0.1, -0.05) is 32.9 Å². The molecule has 2 rings (SSSR count). The lowest BCUT2D eigenvalue weighted by molar-refractivity contribution is -0.130. The molecule has 1 aliphatic rings. The third kappa shape index (κ3) is 4.57. The van der Waals surface area contributed by atoms with Gasteiger partial charge in [0.25, 0.3) is 5.91 Å². The molecule has 1 heterocycles. The molecule has 0 atom stereocenters. The molecular formula is C18H23N3O2. The van der Waals surface area contributed by atoms with E-state index in [4.69, 9.17) is 4.74 Å². The number of carbonyl (C=O) groups is 1. The number of amides is 1. The van der Waals surface area contributed by atoms with Crippen LogP contribution in [-0.2, 0) is 14.9 Å². The zero-order chi connectivity index (χ0) is 16.9. The topological polar surface area (TPSA) is 65.4 Å². The Morgan fingerprint density at radius 1 is 1.26 bits per heavy atom. The first kappa shape index (κ1) is 17.0. The number of hydrogen-bond donors (Lipinski definition) is 1. The molecule has 0 unspecified atom stereocenters. The summed E-state index contributed by atoms with van der Waals surface area (Å²) in [6.45, 7) is 8.56. The van der Waals surface area contributed by atoms with E-state index in [2.05, 4.69) is 26.1 Å². The molecule has 1 aromatic carbocycles. The number of rotatable bonds is 3. The van der Waals surface area contributed by atoms with Gasteiger partial charge in [0.15, 0.2) is 0 Å².